The molecule has 1 rings (SSSR count). The topological polar surface area (TPSA) is 58.6 Å². The minimum atomic E-state index is -0.0251. The standard InChI is InChI=1S/C15H29NO3/c1-3-19-15(18)13-7-4-8-14(10-13)16-9-5-6-12(2)11-17/h12-14,16-17H,3-11H2,1-2H3. The van der Waals surface area contributed by atoms with Crippen molar-refractivity contribution in [2.45, 2.75) is 58.4 Å². The molecule has 4 heteroatoms. The Labute approximate surface area is 116 Å². The molecule has 3 atom stereocenters. The number of esters is 1. The van der Waals surface area contributed by atoms with Gasteiger partial charge in [-0.25, -0.2) is 0 Å². The normalized spacial score (nSPS) is 25.0. The molecule has 0 radical (unpaired) electrons. The Morgan fingerprint density at radius 2 is 2.26 bits per heavy atom. The third kappa shape index (κ3) is 6.39. The molecule has 0 bridgehead atoms. The van der Waals surface area contributed by atoms with Crippen molar-refractivity contribution in [1.82, 2.24) is 5.32 Å². The van der Waals surface area contributed by atoms with Gasteiger partial charge < -0.3 is 15.2 Å². The van der Waals surface area contributed by atoms with Gasteiger partial charge >= 0.3 is 5.97 Å². The number of ether oxygens (including phenoxy) is 1. The second kappa shape index (κ2) is 9.32. The maximum Gasteiger partial charge on any atom is 0.308 e. The first-order chi connectivity index (χ1) is 9.17. The number of nitrogens with one attached hydrogen (secondary N) is 1. The van der Waals surface area contributed by atoms with Gasteiger partial charge in [-0.1, -0.05) is 13.3 Å². The van der Waals surface area contributed by atoms with Gasteiger partial charge in [-0.05, 0) is 51.5 Å². The third-order valence-corrected chi connectivity index (χ3v) is 3.91. The van der Waals surface area contributed by atoms with Gasteiger partial charge in [0, 0.05) is 12.6 Å². The molecule has 0 amide bonds. The first-order valence-electron chi connectivity index (χ1n) is 7.68. The molecule has 112 valence electrons. The summed E-state index contributed by atoms with van der Waals surface area (Å²) in [7, 11) is 0. The maximum atomic E-state index is 11.7. The third-order valence-electron chi connectivity index (χ3n) is 3.91. The molecule has 0 aromatic rings. The molecule has 1 saturated carbocycles. The van der Waals surface area contributed by atoms with E-state index in [0.717, 1.165) is 45.1 Å². The molecule has 4 nitrogen and oxygen atoms in total. The number of hydrogen-bond donors (Lipinski definition) is 2. The number of carbonyl (C=O) groups is 1. The van der Waals surface area contributed by atoms with E-state index in [-0.39, 0.29) is 18.5 Å². The highest BCUT2D eigenvalue weighted by molar-refractivity contribution is 5.72. The molecule has 1 aliphatic rings. The van der Waals surface area contributed by atoms with E-state index in [1.54, 1.807) is 0 Å². The number of aliphatic hydroxyl groups is 1. The van der Waals surface area contributed by atoms with Crippen LogP contribution >= 0.6 is 0 Å². The quantitative estimate of drug-likeness (QED) is 0.524. The van der Waals surface area contributed by atoms with E-state index in [4.69, 9.17) is 9.84 Å². The summed E-state index contributed by atoms with van der Waals surface area (Å²) < 4.78 is 5.11. The molecule has 0 saturated heterocycles. The van der Waals surface area contributed by atoms with Gasteiger partial charge in [-0.15, -0.1) is 0 Å². The van der Waals surface area contributed by atoms with E-state index in [1.807, 2.05) is 6.92 Å². The monoisotopic (exact) mass is 271 g/mol. The lowest BCUT2D eigenvalue weighted by Crippen LogP contribution is -2.37. The van der Waals surface area contributed by atoms with E-state index < -0.39 is 0 Å². The van der Waals surface area contributed by atoms with Gasteiger partial charge in [0.2, 0.25) is 0 Å². The van der Waals surface area contributed by atoms with Crippen LogP contribution in [0.25, 0.3) is 0 Å². The van der Waals surface area contributed by atoms with Crippen molar-refractivity contribution in [2.75, 3.05) is 19.8 Å². The second-order valence-electron chi connectivity index (χ2n) is 5.70. The van der Waals surface area contributed by atoms with Crippen LogP contribution in [-0.2, 0) is 9.53 Å². The van der Waals surface area contributed by atoms with E-state index in [0.29, 0.717) is 18.6 Å². The summed E-state index contributed by atoms with van der Waals surface area (Å²) in [6.07, 6.45) is 6.28. The van der Waals surface area contributed by atoms with Crippen LogP contribution in [-0.4, -0.2) is 36.9 Å². The van der Waals surface area contributed by atoms with Crippen LogP contribution in [0.2, 0.25) is 0 Å². The Morgan fingerprint density at radius 1 is 1.47 bits per heavy atom. The first kappa shape index (κ1) is 16.4. The number of rotatable bonds is 8. The van der Waals surface area contributed by atoms with Crippen LogP contribution in [0, 0.1) is 11.8 Å². The van der Waals surface area contributed by atoms with Crippen molar-refractivity contribution in [2.24, 2.45) is 11.8 Å². The average molecular weight is 271 g/mol. The zero-order valence-electron chi connectivity index (χ0n) is 12.4. The number of hydrogen-bond acceptors (Lipinski definition) is 4. The molecule has 2 N–H and O–H groups in total. The molecule has 19 heavy (non-hydrogen) atoms. The first-order valence-corrected chi connectivity index (χ1v) is 7.68. The van der Waals surface area contributed by atoms with Crippen molar-refractivity contribution in [1.29, 1.82) is 0 Å². The highest BCUT2D eigenvalue weighted by Gasteiger charge is 2.27. The Balaban J connectivity index is 2.18. The average Bonchev–Trinajstić information content (AvgIpc) is 2.44. The fraction of sp³-hybridized carbons (Fsp3) is 0.933. The molecule has 0 aliphatic heterocycles. The zero-order valence-corrected chi connectivity index (χ0v) is 12.4. The summed E-state index contributed by atoms with van der Waals surface area (Å²) in [5.74, 6) is 0.450. The van der Waals surface area contributed by atoms with E-state index in [1.165, 1.54) is 0 Å². The van der Waals surface area contributed by atoms with Crippen LogP contribution in [0.15, 0.2) is 0 Å². The van der Waals surface area contributed by atoms with Crippen molar-refractivity contribution in [3.8, 4) is 0 Å². The van der Waals surface area contributed by atoms with E-state index in [2.05, 4.69) is 12.2 Å². The molecule has 1 aliphatic carbocycles. The van der Waals surface area contributed by atoms with Crippen molar-refractivity contribution < 1.29 is 14.6 Å². The van der Waals surface area contributed by atoms with Crippen LogP contribution < -0.4 is 5.32 Å². The van der Waals surface area contributed by atoms with Gasteiger partial charge in [0.25, 0.3) is 0 Å². The molecule has 0 spiro atoms. The lowest BCUT2D eigenvalue weighted by molar-refractivity contribution is -0.149. The van der Waals surface area contributed by atoms with Gasteiger partial charge in [0.05, 0.1) is 12.5 Å². The molecule has 0 aromatic carbocycles. The molecule has 0 aromatic heterocycles. The van der Waals surface area contributed by atoms with E-state index in [9.17, 15) is 4.79 Å². The van der Waals surface area contributed by atoms with Crippen molar-refractivity contribution >= 4 is 5.97 Å². The summed E-state index contributed by atoms with van der Waals surface area (Å²) in [5.41, 5.74) is 0. The zero-order chi connectivity index (χ0) is 14.1. The fourth-order valence-corrected chi connectivity index (χ4v) is 2.70. The summed E-state index contributed by atoms with van der Waals surface area (Å²) in [6.45, 7) is 5.65. The van der Waals surface area contributed by atoms with Crippen LogP contribution in [0.3, 0.4) is 0 Å². The SMILES string of the molecule is CCOC(=O)C1CCCC(NCCCC(C)CO)C1. The molecule has 3 unspecified atom stereocenters. The van der Waals surface area contributed by atoms with Crippen LogP contribution in [0.5, 0.6) is 0 Å². The fourth-order valence-electron chi connectivity index (χ4n) is 2.70. The van der Waals surface area contributed by atoms with Crippen LogP contribution in [0.4, 0.5) is 0 Å². The van der Waals surface area contributed by atoms with Crippen LogP contribution in [0.1, 0.15) is 52.4 Å². The number of carbonyl (C=O) groups excluding carboxylic acids is 1. The summed E-state index contributed by atoms with van der Waals surface area (Å²) in [5, 5.41) is 12.5. The molecule has 0 heterocycles. The summed E-state index contributed by atoms with van der Waals surface area (Å²) in [6, 6.07) is 0.451. The van der Waals surface area contributed by atoms with Crippen molar-refractivity contribution in [3.05, 3.63) is 0 Å². The Bertz CT molecular complexity index is 258. The Morgan fingerprint density at radius 3 is 2.95 bits per heavy atom. The minimum absolute atomic E-state index is 0.0251. The van der Waals surface area contributed by atoms with Gasteiger partial charge in [0.1, 0.15) is 0 Å². The predicted octanol–water partition coefficient (Wildman–Crippen LogP) is 2.11. The van der Waals surface area contributed by atoms with Gasteiger partial charge in [0.15, 0.2) is 0 Å². The maximum absolute atomic E-state index is 11.7. The minimum Gasteiger partial charge on any atom is -0.466 e. The van der Waals surface area contributed by atoms with Gasteiger partial charge in [-0.2, -0.15) is 0 Å². The Hall–Kier alpha value is -0.610. The van der Waals surface area contributed by atoms with Crippen molar-refractivity contribution in [3.63, 3.8) is 0 Å². The smallest absolute Gasteiger partial charge is 0.308 e. The summed E-state index contributed by atoms with van der Waals surface area (Å²) >= 11 is 0. The number of aliphatic hydroxyl groups excluding tert-OH is 1. The second-order valence-corrected chi connectivity index (χ2v) is 5.70. The highest BCUT2D eigenvalue weighted by Crippen LogP contribution is 2.25. The molecular formula is C15H29NO3. The predicted molar refractivity (Wildman–Crippen MR) is 75.9 cm³/mol. The Kier molecular flexibility index (Phi) is 8.07. The highest BCUT2D eigenvalue weighted by atomic mass is 16.5. The molecular weight excluding hydrogens is 242 g/mol. The lowest BCUT2D eigenvalue weighted by atomic mass is 9.85. The van der Waals surface area contributed by atoms with Gasteiger partial charge in [-0.3, -0.25) is 4.79 Å². The molecule has 1 fully saturated rings. The largest absolute Gasteiger partial charge is 0.466 e. The van der Waals surface area contributed by atoms with E-state index >= 15 is 0 Å². The lowest BCUT2D eigenvalue weighted by Gasteiger charge is -2.28. The summed E-state index contributed by atoms with van der Waals surface area (Å²) in [4.78, 5) is 11.7.